The van der Waals surface area contributed by atoms with E-state index < -0.39 is 0 Å². The second-order valence-corrected chi connectivity index (χ2v) is 7.57. The molecule has 4 rings (SSSR count). The van der Waals surface area contributed by atoms with Crippen LogP contribution in [-0.4, -0.2) is 29.3 Å². The van der Waals surface area contributed by atoms with Gasteiger partial charge in [-0.05, 0) is 36.4 Å². The molecule has 0 aliphatic heterocycles. The van der Waals surface area contributed by atoms with Crippen molar-refractivity contribution in [3.05, 3.63) is 70.5 Å². The Morgan fingerprint density at radius 3 is 2.59 bits per heavy atom. The molecule has 0 fully saturated rings. The van der Waals surface area contributed by atoms with Gasteiger partial charge in [0.25, 0.3) is 0 Å². The average Bonchev–Trinajstić information content (AvgIpc) is 3.32. The predicted molar refractivity (Wildman–Crippen MR) is 109 cm³/mol. The van der Waals surface area contributed by atoms with Gasteiger partial charge >= 0.3 is 0 Å². The van der Waals surface area contributed by atoms with Crippen molar-refractivity contribution in [2.45, 2.75) is 6.42 Å². The molecule has 4 aromatic rings. The van der Waals surface area contributed by atoms with Crippen molar-refractivity contribution in [1.29, 1.82) is 0 Å². The standard InChI is InChI=1S/C20H17ClN4OS/c1-25(2)17-8-6-13(7-9-17)19-24-23-18(26-19)11-16-12-27-20(22-16)14-4-3-5-15(21)10-14/h3-10,12H,11H2,1-2H3. The summed E-state index contributed by atoms with van der Waals surface area (Å²) in [5.74, 6) is 1.06. The van der Waals surface area contributed by atoms with Crippen LogP contribution >= 0.6 is 22.9 Å². The van der Waals surface area contributed by atoms with Crippen molar-refractivity contribution in [2.24, 2.45) is 0 Å². The lowest BCUT2D eigenvalue weighted by Gasteiger charge is -2.11. The van der Waals surface area contributed by atoms with Crippen LogP contribution in [0.4, 0.5) is 5.69 Å². The van der Waals surface area contributed by atoms with Crippen LogP contribution in [0.15, 0.2) is 58.3 Å². The Labute approximate surface area is 166 Å². The summed E-state index contributed by atoms with van der Waals surface area (Å²) in [4.78, 5) is 6.70. The van der Waals surface area contributed by atoms with Gasteiger partial charge in [0.15, 0.2) is 0 Å². The van der Waals surface area contributed by atoms with Gasteiger partial charge in [-0.1, -0.05) is 23.7 Å². The summed E-state index contributed by atoms with van der Waals surface area (Å²) in [5.41, 5.74) is 3.92. The van der Waals surface area contributed by atoms with E-state index in [1.807, 2.05) is 72.9 Å². The minimum Gasteiger partial charge on any atom is -0.420 e. The predicted octanol–water partition coefficient (Wildman–Crippen LogP) is 5.17. The van der Waals surface area contributed by atoms with E-state index in [0.717, 1.165) is 27.5 Å². The topological polar surface area (TPSA) is 55.1 Å². The molecule has 0 atom stereocenters. The van der Waals surface area contributed by atoms with E-state index in [2.05, 4.69) is 15.2 Å². The Balaban J connectivity index is 1.50. The molecule has 0 spiro atoms. The van der Waals surface area contributed by atoms with E-state index in [9.17, 15) is 0 Å². The molecule has 0 amide bonds. The zero-order chi connectivity index (χ0) is 18.8. The van der Waals surface area contributed by atoms with E-state index in [1.165, 1.54) is 0 Å². The number of benzene rings is 2. The molecule has 136 valence electrons. The molecule has 0 saturated carbocycles. The molecule has 27 heavy (non-hydrogen) atoms. The average molecular weight is 397 g/mol. The number of aromatic nitrogens is 3. The summed E-state index contributed by atoms with van der Waals surface area (Å²) in [5, 5.41) is 11.9. The van der Waals surface area contributed by atoms with Crippen LogP contribution in [0.1, 0.15) is 11.6 Å². The summed E-state index contributed by atoms with van der Waals surface area (Å²) >= 11 is 7.63. The van der Waals surface area contributed by atoms with Crippen molar-refractivity contribution in [2.75, 3.05) is 19.0 Å². The maximum atomic E-state index is 6.06. The van der Waals surface area contributed by atoms with Crippen LogP contribution in [0.3, 0.4) is 0 Å². The third-order valence-electron chi connectivity index (χ3n) is 4.05. The lowest BCUT2D eigenvalue weighted by atomic mass is 10.2. The summed E-state index contributed by atoms with van der Waals surface area (Å²) in [6.45, 7) is 0. The summed E-state index contributed by atoms with van der Waals surface area (Å²) in [6, 6.07) is 15.7. The highest BCUT2D eigenvalue weighted by Crippen LogP contribution is 2.27. The van der Waals surface area contributed by atoms with E-state index in [0.29, 0.717) is 23.2 Å². The maximum absolute atomic E-state index is 6.06. The van der Waals surface area contributed by atoms with Crippen LogP contribution in [0, 0.1) is 0 Å². The van der Waals surface area contributed by atoms with E-state index >= 15 is 0 Å². The van der Waals surface area contributed by atoms with E-state index in [1.54, 1.807) is 11.3 Å². The molecular weight excluding hydrogens is 380 g/mol. The van der Waals surface area contributed by atoms with Crippen LogP contribution in [0.2, 0.25) is 5.02 Å². The smallest absolute Gasteiger partial charge is 0.247 e. The molecule has 0 saturated heterocycles. The molecule has 0 bridgehead atoms. The van der Waals surface area contributed by atoms with Gasteiger partial charge in [-0.3, -0.25) is 0 Å². The highest BCUT2D eigenvalue weighted by Gasteiger charge is 2.12. The van der Waals surface area contributed by atoms with Crippen LogP contribution in [-0.2, 0) is 6.42 Å². The molecule has 0 unspecified atom stereocenters. The second kappa shape index (κ2) is 7.50. The Morgan fingerprint density at radius 2 is 1.85 bits per heavy atom. The summed E-state index contributed by atoms with van der Waals surface area (Å²) in [7, 11) is 4.01. The number of hydrogen-bond donors (Lipinski definition) is 0. The zero-order valence-corrected chi connectivity index (χ0v) is 16.5. The van der Waals surface area contributed by atoms with Gasteiger partial charge in [0.2, 0.25) is 11.8 Å². The first kappa shape index (κ1) is 17.7. The first-order chi connectivity index (χ1) is 13.1. The van der Waals surface area contributed by atoms with Crippen molar-refractivity contribution in [3.63, 3.8) is 0 Å². The number of nitrogens with zero attached hydrogens (tertiary/aromatic N) is 4. The molecule has 2 heterocycles. The molecule has 0 aliphatic carbocycles. The number of halogens is 1. The number of rotatable bonds is 5. The van der Waals surface area contributed by atoms with Gasteiger partial charge in [-0.2, -0.15) is 0 Å². The maximum Gasteiger partial charge on any atom is 0.247 e. The van der Waals surface area contributed by atoms with E-state index in [-0.39, 0.29) is 0 Å². The summed E-state index contributed by atoms with van der Waals surface area (Å²) in [6.07, 6.45) is 0.500. The van der Waals surface area contributed by atoms with Crippen LogP contribution in [0.25, 0.3) is 22.0 Å². The summed E-state index contributed by atoms with van der Waals surface area (Å²) < 4.78 is 5.82. The molecule has 7 heteroatoms. The van der Waals surface area contributed by atoms with Crippen molar-refractivity contribution in [3.8, 4) is 22.0 Å². The lowest BCUT2D eigenvalue weighted by molar-refractivity contribution is 0.516. The van der Waals surface area contributed by atoms with Crippen LogP contribution in [0.5, 0.6) is 0 Å². The highest BCUT2D eigenvalue weighted by molar-refractivity contribution is 7.13. The largest absolute Gasteiger partial charge is 0.420 e. The third-order valence-corrected chi connectivity index (χ3v) is 5.23. The molecule has 0 aliphatic rings. The Hall–Kier alpha value is -2.70. The van der Waals surface area contributed by atoms with Gasteiger partial charge in [0.05, 0.1) is 12.1 Å². The number of hydrogen-bond acceptors (Lipinski definition) is 6. The quantitative estimate of drug-likeness (QED) is 0.465. The van der Waals surface area contributed by atoms with Gasteiger partial charge < -0.3 is 9.32 Å². The molecular formula is C20H17ClN4OS. The fourth-order valence-corrected chi connectivity index (χ4v) is 3.65. The van der Waals surface area contributed by atoms with Crippen molar-refractivity contribution in [1.82, 2.24) is 15.2 Å². The van der Waals surface area contributed by atoms with Gasteiger partial charge in [-0.15, -0.1) is 21.5 Å². The van der Waals surface area contributed by atoms with Gasteiger partial charge in [0, 0.05) is 41.3 Å². The SMILES string of the molecule is CN(C)c1ccc(-c2nnc(Cc3csc(-c4cccc(Cl)c4)n3)o2)cc1. The zero-order valence-electron chi connectivity index (χ0n) is 14.9. The Bertz CT molecular complexity index is 1060. The lowest BCUT2D eigenvalue weighted by Crippen LogP contribution is -2.07. The van der Waals surface area contributed by atoms with Crippen molar-refractivity contribution >= 4 is 28.6 Å². The van der Waals surface area contributed by atoms with Crippen molar-refractivity contribution < 1.29 is 4.42 Å². The minimum atomic E-state index is 0.500. The fourth-order valence-electron chi connectivity index (χ4n) is 2.64. The van der Waals surface area contributed by atoms with Crippen LogP contribution < -0.4 is 4.90 Å². The molecule has 2 aromatic heterocycles. The molecule has 5 nitrogen and oxygen atoms in total. The first-order valence-corrected chi connectivity index (χ1v) is 9.65. The van der Waals surface area contributed by atoms with Gasteiger partial charge in [0.1, 0.15) is 5.01 Å². The number of anilines is 1. The second-order valence-electron chi connectivity index (χ2n) is 6.27. The minimum absolute atomic E-state index is 0.500. The van der Waals surface area contributed by atoms with Gasteiger partial charge in [-0.25, -0.2) is 4.98 Å². The monoisotopic (exact) mass is 396 g/mol. The third kappa shape index (κ3) is 4.02. The highest BCUT2D eigenvalue weighted by atomic mass is 35.5. The molecule has 2 aromatic carbocycles. The van der Waals surface area contributed by atoms with E-state index in [4.69, 9.17) is 16.0 Å². The molecule has 0 radical (unpaired) electrons. The fraction of sp³-hybridized carbons (Fsp3) is 0.150. The number of thiazole rings is 1. The normalized spacial score (nSPS) is 10.9. The Morgan fingerprint density at radius 1 is 1.04 bits per heavy atom. The first-order valence-electron chi connectivity index (χ1n) is 8.39. The molecule has 0 N–H and O–H groups in total. The Kier molecular flexibility index (Phi) is 4.92.